The van der Waals surface area contributed by atoms with E-state index in [0.29, 0.717) is 22.4 Å². The summed E-state index contributed by atoms with van der Waals surface area (Å²) >= 11 is 3.28. The number of rotatable bonds is 4. The van der Waals surface area contributed by atoms with Gasteiger partial charge in [0.05, 0.1) is 17.1 Å². The highest BCUT2D eigenvalue weighted by molar-refractivity contribution is 9.10. The van der Waals surface area contributed by atoms with Gasteiger partial charge in [0, 0.05) is 5.71 Å². The third kappa shape index (κ3) is 4.55. The van der Waals surface area contributed by atoms with E-state index in [9.17, 15) is 14.7 Å². The van der Waals surface area contributed by atoms with Gasteiger partial charge in [-0.25, -0.2) is 9.79 Å². The molecule has 1 aromatic carbocycles. The number of amides is 2. The Balaban J connectivity index is 2.49. The Morgan fingerprint density at radius 2 is 2.04 bits per heavy atom. The van der Waals surface area contributed by atoms with Crippen molar-refractivity contribution >= 4 is 33.6 Å². The summed E-state index contributed by atoms with van der Waals surface area (Å²) in [5.41, 5.74) is 0.293. The molecule has 2 atom stereocenters. The molecule has 2 amide bonds. The van der Waals surface area contributed by atoms with Gasteiger partial charge in [0.15, 0.2) is 11.5 Å². The summed E-state index contributed by atoms with van der Waals surface area (Å²) in [5, 5.41) is 12.8. The first-order valence-electron chi connectivity index (χ1n) is 8.27. The molecule has 1 aromatic rings. The molecule has 26 heavy (non-hydrogen) atoms. The van der Waals surface area contributed by atoms with Crippen LogP contribution in [-0.4, -0.2) is 35.0 Å². The van der Waals surface area contributed by atoms with E-state index < -0.39 is 29.6 Å². The van der Waals surface area contributed by atoms with Gasteiger partial charge in [-0.3, -0.25) is 4.79 Å². The molecular weight excluding hydrogens is 404 g/mol. The van der Waals surface area contributed by atoms with Gasteiger partial charge in [-0.05, 0) is 68.2 Å². The lowest BCUT2D eigenvalue weighted by molar-refractivity contribution is -0.158. The maximum Gasteiger partial charge on any atom is 0.341 e. The smallest absolute Gasteiger partial charge is 0.341 e. The fourth-order valence-electron chi connectivity index (χ4n) is 2.71. The molecule has 1 heterocycles. The quantitative estimate of drug-likeness (QED) is 0.714. The first kappa shape index (κ1) is 20.2. The van der Waals surface area contributed by atoms with Crippen molar-refractivity contribution in [1.29, 1.82) is 0 Å². The molecule has 0 radical (unpaired) electrons. The largest absolute Gasteiger partial charge is 0.503 e. The minimum atomic E-state index is -0.780. The normalized spacial score (nSPS) is 20.2. The highest BCUT2D eigenvalue weighted by Gasteiger charge is 2.40. The highest BCUT2D eigenvalue weighted by atomic mass is 79.9. The van der Waals surface area contributed by atoms with Crippen LogP contribution < -0.4 is 10.1 Å². The van der Waals surface area contributed by atoms with Crippen LogP contribution in [0.5, 0.6) is 11.5 Å². The summed E-state index contributed by atoms with van der Waals surface area (Å²) in [5.74, 6) is -1.05. The molecule has 0 saturated heterocycles. The van der Waals surface area contributed by atoms with Crippen molar-refractivity contribution in [2.75, 3.05) is 6.61 Å². The zero-order valence-corrected chi connectivity index (χ0v) is 17.0. The van der Waals surface area contributed by atoms with E-state index in [0.717, 1.165) is 0 Å². The van der Waals surface area contributed by atoms with E-state index in [1.165, 1.54) is 0 Å². The Bertz CT molecular complexity index is 755. The minimum Gasteiger partial charge on any atom is -0.503 e. The minimum absolute atomic E-state index is 0.0445. The molecule has 2 rings (SSSR count). The molecule has 2 unspecified atom stereocenters. The van der Waals surface area contributed by atoms with Crippen molar-refractivity contribution < 1.29 is 24.2 Å². The molecule has 142 valence electrons. The standard InChI is InChI=1S/C18H23BrN2O5/c1-6-25-12-8-10(7-11(19)15(12)22)14-13(9(2)20-17(24)21-14)16(23)26-18(3,4)5/h7-8,13-14,22H,6H2,1-5H3,(H,21,24). The summed E-state index contributed by atoms with van der Waals surface area (Å²) in [6, 6.07) is 2.02. The Morgan fingerprint density at radius 3 is 2.62 bits per heavy atom. The molecule has 1 aliphatic heterocycles. The maximum atomic E-state index is 12.7. The number of nitrogens with one attached hydrogen (secondary N) is 1. The number of phenolic OH excluding ortho intramolecular Hbond substituents is 1. The van der Waals surface area contributed by atoms with Crippen molar-refractivity contribution in [2.45, 2.75) is 46.3 Å². The maximum absolute atomic E-state index is 12.7. The van der Waals surface area contributed by atoms with Gasteiger partial charge in [-0.15, -0.1) is 0 Å². The van der Waals surface area contributed by atoms with Crippen LogP contribution in [0.1, 0.15) is 46.2 Å². The summed E-state index contributed by atoms with van der Waals surface area (Å²) in [7, 11) is 0. The van der Waals surface area contributed by atoms with E-state index >= 15 is 0 Å². The van der Waals surface area contributed by atoms with Gasteiger partial charge in [0.25, 0.3) is 0 Å². The highest BCUT2D eigenvalue weighted by Crippen LogP contribution is 2.39. The van der Waals surface area contributed by atoms with Crippen LogP contribution in [0.15, 0.2) is 21.6 Å². The number of phenols is 1. The molecule has 0 aliphatic carbocycles. The number of hydrogen-bond donors (Lipinski definition) is 2. The summed E-state index contributed by atoms with van der Waals surface area (Å²) in [6.07, 6.45) is 0. The summed E-state index contributed by atoms with van der Waals surface area (Å²) < 4.78 is 11.3. The van der Waals surface area contributed by atoms with Gasteiger partial charge >= 0.3 is 12.0 Å². The Morgan fingerprint density at radius 1 is 1.38 bits per heavy atom. The lowest BCUT2D eigenvalue weighted by Gasteiger charge is -2.32. The van der Waals surface area contributed by atoms with E-state index in [1.54, 1.807) is 46.8 Å². The van der Waals surface area contributed by atoms with Crippen molar-refractivity contribution in [1.82, 2.24) is 5.32 Å². The lowest BCUT2D eigenvalue weighted by Crippen LogP contribution is -2.45. The third-order valence-corrected chi connectivity index (χ3v) is 4.32. The average Bonchev–Trinajstić information content (AvgIpc) is 2.49. The number of urea groups is 1. The van der Waals surface area contributed by atoms with Gasteiger partial charge < -0.3 is 19.9 Å². The number of benzene rings is 1. The second-order valence-electron chi connectivity index (χ2n) is 6.97. The van der Waals surface area contributed by atoms with Crippen molar-refractivity contribution in [3.63, 3.8) is 0 Å². The van der Waals surface area contributed by atoms with Crippen LogP contribution in [0.2, 0.25) is 0 Å². The molecule has 7 nitrogen and oxygen atoms in total. The molecule has 0 saturated carbocycles. The average molecular weight is 427 g/mol. The molecule has 0 fully saturated rings. The second kappa shape index (κ2) is 7.65. The number of ether oxygens (including phenoxy) is 2. The molecule has 0 spiro atoms. The number of aliphatic imine (C=N–C) groups is 1. The Labute approximate surface area is 160 Å². The summed E-state index contributed by atoms with van der Waals surface area (Å²) in [6.45, 7) is 9.10. The van der Waals surface area contributed by atoms with Gasteiger partial charge in [-0.1, -0.05) is 0 Å². The SMILES string of the molecule is CCOc1cc(C2NC(=O)N=C(C)C2C(=O)OC(C)(C)C)cc(Br)c1O. The van der Waals surface area contributed by atoms with Crippen LogP contribution in [-0.2, 0) is 9.53 Å². The number of aromatic hydroxyl groups is 1. The number of carbonyl (C=O) groups excluding carboxylic acids is 2. The molecule has 8 heteroatoms. The van der Waals surface area contributed by atoms with Gasteiger partial charge in [0.1, 0.15) is 11.5 Å². The summed E-state index contributed by atoms with van der Waals surface area (Å²) in [4.78, 5) is 28.5. The number of esters is 1. The third-order valence-electron chi connectivity index (χ3n) is 3.71. The molecule has 1 aliphatic rings. The number of nitrogens with zero attached hydrogens (tertiary/aromatic N) is 1. The van der Waals surface area contributed by atoms with Crippen molar-refractivity contribution in [3.05, 3.63) is 22.2 Å². The number of halogens is 1. The van der Waals surface area contributed by atoms with Gasteiger partial charge in [0.2, 0.25) is 0 Å². The van der Waals surface area contributed by atoms with E-state index in [4.69, 9.17) is 9.47 Å². The zero-order chi connectivity index (χ0) is 19.6. The monoisotopic (exact) mass is 426 g/mol. The van der Waals surface area contributed by atoms with Crippen molar-refractivity contribution in [2.24, 2.45) is 10.9 Å². The molecule has 0 aromatic heterocycles. The van der Waals surface area contributed by atoms with Crippen LogP contribution in [0.25, 0.3) is 0 Å². The van der Waals surface area contributed by atoms with Crippen LogP contribution in [0.4, 0.5) is 4.79 Å². The van der Waals surface area contributed by atoms with Gasteiger partial charge in [-0.2, -0.15) is 0 Å². The van der Waals surface area contributed by atoms with Crippen LogP contribution in [0, 0.1) is 5.92 Å². The van der Waals surface area contributed by atoms with Crippen LogP contribution in [0.3, 0.4) is 0 Å². The van der Waals surface area contributed by atoms with Crippen LogP contribution >= 0.6 is 15.9 Å². The Kier molecular flexibility index (Phi) is 5.95. The lowest BCUT2D eigenvalue weighted by atomic mass is 9.88. The number of carbonyl (C=O) groups is 2. The topological polar surface area (TPSA) is 97.2 Å². The molecule has 2 N–H and O–H groups in total. The van der Waals surface area contributed by atoms with E-state index in [2.05, 4.69) is 26.2 Å². The predicted octanol–water partition coefficient (Wildman–Crippen LogP) is 3.74. The molecule has 0 bridgehead atoms. The van der Waals surface area contributed by atoms with Crippen molar-refractivity contribution in [3.8, 4) is 11.5 Å². The predicted molar refractivity (Wildman–Crippen MR) is 101 cm³/mol. The van der Waals surface area contributed by atoms with E-state index in [-0.39, 0.29) is 11.5 Å². The first-order chi connectivity index (χ1) is 12.0. The number of hydrogen-bond acceptors (Lipinski definition) is 5. The fraction of sp³-hybridized carbons (Fsp3) is 0.500. The first-order valence-corrected chi connectivity index (χ1v) is 9.06. The fourth-order valence-corrected chi connectivity index (χ4v) is 3.17. The Hall–Kier alpha value is -2.09. The second-order valence-corrected chi connectivity index (χ2v) is 7.83. The molecular formula is C18H23BrN2O5. The van der Waals surface area contributed by atoms with E-state index in [1.807, 2.05) is 0 Å². The zero-order valence-electron chi connectivity index (χ0n) is 15.4.